The van der Waals surface area contributed by atoms with Crippen LogP contribution in [0.2, 0.25) is 4.34 Å². The van der Waals surface area contributed by atoms with Gasteiger partial charge in [-0.2, -0.15) is 0 Å². The molecule has 0 atom stereocenters. The van der Waals surface area contributed by atoms with Gasteiger partial charge in [-0.25, -0.2) is 0 Å². The Morgan fingerprint density at radius 3 is 3.00 bits per heavy atom. The summed E-state index contributed by atoms with van der Waals surface area (Å²) in [6.07, 6.45) is 1.62. The zero-order valence-electron chi connectivity index (χ0n) is 5.37. The van der Waals surface area contributed by atoms with Gasteiger partial charge in [-0.1, -0.05) is 16.8 Å². The van der Waals surface area contributed by atoms with E-state index in [-0.39, 0.29) is 0 Å². The molecule has 2 nitrogen and oxygen atoms in total. The van der Waals surface area contributed by atoms with Crippen LogP contribution >= 0.6 is 22.9 Å². The van der Waals surface area contributed by atoms with E-state index >= 15 is 0 Å². The molecular weight excluding hydrogens is 170 g/mol. The quantitative estimate of drug-likeness (QED) is 0.500. The summed E-state index contributed by atoms with van der Waals surface area (Å²) in [5, 5.41) is 3.58. The highest BCUT2D eigenvalue weighted by atomic mass is 35.5. The molecule has 0 unspecified atom stereocenters. The second-order valence-electron chi connectivity index (χ2n) is 1.56. The number of oxime groups is 1. The fourth-order valence-corrected chi connectivity index (χ4v) is 1.43. The second kappa shape index (κ2) is 3.58. The predicted molar refractivity (Wildman–Crippen MR) is 43.9 cm³/mol. The van der Waals surface area contributed by atoms with Crippen LogP contribution in [0.25, 0.3) is 0 Å². The van der Waals surface area contributed by atoms with Gasteiger partial charge in [-0.15, -0.1) is 11.3 Å². The van der Waals surface area contributed by atoms with Crippen molar-refractivity contribution in [1.29, 1.82) is 0 Å². The highest BCUT2D eigenvalue weighted by Crippen LogP contribution is 2.19. The normalized spacial score (nSPS) is 10.6. The van der Waals surface area contributed by atoms with Crippen molar-refractivity contribution >= 4 is 29.2 Å². The Balaban J connectivity index is 2.67. The van der Waals surface area contributed by atoms with Crippen molar-refractivity contribution in [2.75, 3.05) is 7.11 Å². The van der Waals surface area contributed by atoms with E-state index in [9.17, 15) is 0 Å². The first-order chi connectivity index (χ1) is 4.83. The van der Waals surface area contributed by atoms with Gasteiger partial charge in [0.1, 0.15) is 7.11 Å². The lowest BCUT2D eigenvalue weighted by Crippen LogP contribution is -1.72. The van der Waals surface area contributed by atoms with E-state index in [1.165, 1.54) is 18.4 Å². The number of hydrogen-bond acceptors (Lipinski definition) is 3. The van der Waals surface area contributed by atoms with Crippen LogP contribution in [0.4, 0.5) is 0 Å². The number of rotatable bonds is 2. The van der Waals surface area contributed by atoms with Crippen LogP contribution in [0, 0.1) is 0 Å². The SMILES string of the molecule is CON=Cc1ccc(Cl)s1. The van der Waals surface area contributed by atoms with Crippen molar-refractivity contribution in [2.45, 2.75) is 0 Å². The summed E-state index contributed by atoms with van der Waals surface area (Å²) in [4.78, 5) is 5.48. The van der Waals surface area contributed by atoms with E-state index in [4.69, 9.17) is 11.6 Å². The molecule has 10 heavy (non-hydrogen) atoms. The molecule has 0 fully saturated rings. The molecule has 0 amide bonds. The molecule has 1 rings (SSSR count). The average molecular weight is 176 g/mol. The summed E-state index contributed by atoms with van der Waals surface area (Å²) < 4.78 is 0.762. The fourth-order valence-electron chi connectivity index (χ4n) is 0.502. The summed E-state index contributed by atoms with van der Waals surface area (Å²) in [5.41, 5.74) is 0. The molecular formula is C6H6ClNOS. The third kappa shape index (κ3) is 2.01. The van der Waals surface area contributed by atoms with Crippen LogP contribution in [0.1, 0.15) is 4.88 Å². The van der Waals surface area contributed by atoms with E-state index < -0.39 is 0 Å². The zero-order chi connectivity index (χ0) is 7.40. The lowest BCUT2D eigenvalue weighted by molar-refractivity contribution is 0.215. The van der Waals surface area contributed by atoms with Gasteiger partial charge >= 0.3 is 0 Å². The highest BCUT2D eigenvalue weighted by molar-refractivity contribution is 7.17. The summed E-state index contributed by atoms with van der Waals surface area (Å²) in [5.74, 6) is 0. The van der Waals surface area contributed by atoms with Crippen LogP contribution in [0.5, 0.6) is 0 Å². The standard InChI is InChI=1S/C6H6ClNOS/c1-9-8-4-5-2-3-6(7)10-5/h2-4H,1H3. The molecule has 0 spiro atoms. The lowest BCUT2D eigenvalue weighted by Gasteiger charge is -1.81. The molecule has 1 aromatic rings. The Kier molecular flexibility index (Phi) is 2.71. The lowest BCUT2D eigenvalue weighted by atomic mass is 10.5. The first-order valence-corrected chi connectivity index (χ1v) is 3.84. The largest absolute Gasteiger partial charge is 0.399 e. The fraction of sp³-hybridized carbons (Fsp3) is 0.167. The first-order valence-electron chi connectivity index (χ1n) is 2.65. The van der Waals surface area contributed by atoms with E-state index in [0.717, 1.165) is 9.21 Å². The van der Waals surface area contributed by atoms with Crippen molar-refractivity contribution in [3.63, 3.8) is 0 Å². The van der Waals surface area contributed by atoms with Gasteiger partial charge in [-0.05, 0) is 12.1 Å². The number of thiophene rings is 1. The van der Waals surface area contributed by atoms with Crippen LogP contribution in [-0.4, -0.2) is 13.3 Å². The minimum Gasteiger partial charge on any atom is -0.399 e. The number of halogens is 1. The Bertz CT molecular complexity index is 233. The van der Waals surface area contributed by atoms with Gasteiger partial charge in [0, 0.05) is 0 Å². The van der Waals surface area contributed by atoms with E-state index in [1.54, 1.807) is 6.21 Å². The van der Waals surface area contributed by atoms with E-state index in [1.807, 2.05) is 12.1 Å². The van der Waals surface area contributed by atoms with Crippen LogP contribution in [0.3, 0.4) is 0 Å². The monoisotopic (exact) mass is 175 g/mol. The molecule has 0 saturated heterocycles. The molecule has 1 aromatic heterocycles. The van der Waals surface area contributed by atoms with Crippen LogP contribution in [-0.2, 0) is 4.84 Å². The summed E-state index contributed by atoms with van der Waals surface area (Å²) in [7, 11) is 1.51. The van der Waals surface area contributed by atoms with Crippen molar-refractivity contribution in [3.05, 3.63) is 21.3 Å². The molecule has 0 radical (unpaired) electrons. The molecule has 0 aromatic carbocycles. The van der Waals surface area contributed by atoms with Crippen molar-refractivity contribution < 1.29 is 4.84 Å². The summed E-state index contributed by atoms with van der Waals surface area (Å²) in [6.45, 7) is 0. The van der Waals surface area contributed by atoms with Gasteiger partial charge < -0.3 is 4.84 Å². The molecule has 4 heteroatoms. The Labute approximate surface area is 68.1 Å². The predicted octanol–water partition coefficient (Wildman–Crippen LogP) is 2.38. The Hall–Kier alpha value is -0.540. The van der Waals surface area contributed by atoms with Crippen molar-refractivity contribution in [1.82, 2.24) is 0 Å². The highest BCUT2D eigenvalue weighted by Gasteiger charge is 1.92. The molecule has 1 heterocycles. The van der Waals surface area contributed by atoms with Crippen LogP contribution < -0.4 is 0 Å². The van der Waals surface area contributed by atoms with E-state index in [0.29, 0.717) is 0 Å². The van der Waals surface area contributed by atoms with E-state index in [2.05, 4.69) is 9.99 Å². The summed E-state index contributed by atoms with van der Waals surface area (Å²) in [6, 6.07) is 3.71. The molecule has 0 aliphatic heterocycles. The number of hydrogen-bond donors (Lipinski definition) is 0. The van der Waals surface area contributed by atoms with Crippen molar-refractivity contribution in [2.24, 2.45) is 5.16 Å². The first kappa shape index (κ1) is 7.57. The maximum absolute atomic E-state index is 5.66. The second-order valence-corrected chi connectivity index (χ2v) is 3.31. The Morgan fingerprint density at radius 2 is 2.50 bits per heavy atom. The minimum absolute atomic E-state index is 0.762. The van der Waals surface area contributed by atoms with Gasteiger partial charge in [0.05, 0.1) is 15.4 Å². The molecule has 54 valence electrons. The average Bonchev–Trinajstić information content (AvgIpc) is 2.31. The third-order valence-electron chi connectivity index (χ3n) is 0.879. The Morgan fingerprint density at radius 1 is 1.70 bits per heavy atom. The third-order valence-corrected chi connectivity index (χ3v) is 2.05. The maximum Gasteiger partial charge on any atom is 0.106 e. The minimum atomic E-state index is 0.762. The van der Waals surface area contributed by atoms with Gasteiger partial charge in [0.15, 0.2) is 0 Å². The molecule has 0 N–H and O–H groups in total. The zero-order valence-corrected chi connectivity index (χ0v) is 6.95. The van der Waals surface area contributed by atoms with Gasteiger partial charge in [0.25, 0.3) is 0 Å². The topological polar surface area (TPSA) is 21.6 Å². The number of nitrogens with zero attached hydrogens (tertiary/aromatic N) is 1. The smallest absolute Gasteiger partial charge is 0.106 e. The van der Waals surface area contributed by atoms with Crippen molar-refractivity contribution in [3.8, 4) is 0 Å². The molecule has 0 aliphatic rings. The molecule has 0 bridgehead atoms. The molecule has 0 saturated carbocycles. The van der Waals surface area contributed by atoms with Gasteiger partial charge in [-0.3, -0.25) is 0 Å². The molecule has 0 aliphatic carbocycles. The summed E-state index contributed by atoms with van der Waals surface area (Å²) >= 11 is 7.12. The maximum atomic E-state index is 5.66. The van der Waals surface area contributed by atoms with Gasteiger partial charge in [0.2, 0.25) is 0 Å². The van der Waals surface area contributed by atoms with Crippen LogP contribution in [0.15, 0.2) is 17.3 Å².